The number of nitrogens with two attached hydrogens (primary N) is 2. The number of benzene rings is 1. The Hall–Kier alpha value is -2.69. The van der Waals surface area contributed by atoms with E-state index in [1.54, 1.807) is 4.90 Å². The van der Waals surface area contributed by atoms with Gasteiger partial charge in [0.05, 0.1) is 13.2 Å². The van der Waals surface area contributed by atoms with Crippen LogP contribution in [-0.4, -0.2) is 80.4 Å². The molecule has 1 unspecified atom stereocenters. The van der Waals surface area contributed by atoms with Crippen molar-refractivity contribution in [1.82, 2.24) is 10.2 Å². The molecule has 1 aromatic carbocycles. The molecule has 0 aliphatic carbocycles. The summed E-state index contributed by atoms with van der Waals surface area (Å²) < 4.78 is 10.7. The number of fused-ring (bicyclic) bond motifs is 1. The van der Waals surface area contributed by atoms with Crippen LogP contribution in [0.4, 0.5) is 10.5 Å². The second-order valence-electron chi connectivity index (χ2n) is 12.5. The van der Waals surface area contributed by atoms with Gasteiger partial charge in [-0.15, -0.1) is 0 Å². The number of hydrogen-bond acceptors (Lipinski definition) is 8. The van der Waals surface area contributed by atoms with Crippen LogP contribution in [-0.2, 0) is 25.5 Å². The summed E-state index contributed by atoms with van der Waals surface area (Å²) in [5.41, 5.74) is 14.2. The molecule has 40 heavy (non-hydrogen) atoms. The van der Waals surface area contributed by atoms with E-state index in [0.717, 1.165) is 37.2 Å². The highest BCUT2D eigenvalue weighted by Crippen LogP contribution is 2.33. The van der Waals surface area contributed by atoms with E-state index in [-0.39, 0.29) is 24.3 Å². The lowest BCUT2D eigenvalue weighted by Gasteiger charge is -2.38. The summed E-state index contributed by atoms with van der Waals surface area (Å²) in [6.45, 7) is 10.6. The Bertz CT molecular complexity index is 1010. The molecule has 10 heteroatoms. The molecule has 1 aromatic rings. The van der Waals surface area contributed by atoms with E-state index in [1.807, 2.05) is 52.0 Å². The maximum Gasteiger partial charge on any atom is 0.407 e. The first-order valence-corrected chi connectivity index (χ1v) is 14.6. The Morgan fingerprint density at radius 1 is 1.10 bits per heavy atom. The van der Waals surface area contributed by atoms with Crippen molar-refractivity contribution < 1.29 is 23.9 Å². The molecule has 2 heterocycles. The van der Waals surface area contributed by atoms with E-state index in [4.69, 9.17) is 20.9 Å². The smallest absolute Gasteiger partial charge is 0.407 e. The first-order chi connectivity index (χ1) is 18.9. The number of amides is 2. The Labute approximate surface area is 239 Å². The van der Waals surface area contributed by atoms with E-state index in [1.165, 1.54) is 13.5 Å². The monoisotopic (exact) mass is 559 g/mol. The largest absolute Gasteiger partial charge is 0.458 e. The average Bonchev–Trinajstić information content (AvgIpc) is 2.91. The van der Waals surface area contributed by atoms with E-state index in [0.29, 0.717) is 25.9 Å². The Balaban J connectivity index is 1.71. The molecule has 1 saturated heterocycles. The summed E-state index contributed by atoms with van der Waals surface area (Å²) in [6, 6.07) is 6.33. The number of nitrogens with zero attached hydrogens (tertiary/aromatic N) is 2. The van der Waals surface area contributed by atoms with Crippen LogP contribution in [0.5, 0.6) is 0 Å². The molecule has 0 saturated carbocycles. The number of likely N-dealkylation sites (tertiary alicyclic amines) is 1. The van der Waals surface area contributed by atoms with Crippen molar-refractivity contribution >= 4 is 23.7 Å². The van der Waals surface area contributed by atoms with Crippen LogP contribution in [0.3, 0.4) is 0 Å². The number of alkyl carbamates (subject to hydrolysis) is 1. The van der Waals surface area contributed by atoms with Crippen molar-refractivity contribution in [2.24, 2.45) is 22.8 Å². The van der Waals surface area contributed by atoms with Gasteiger partial charge >= 0.3 is 12.1 Å². The number of carbonyl (C=O) groups excluding carboxylic acids is 3. The van der Waals surface area contributed by atoms with E-state index in [2.05, 4.69) is 10.2 Å². The summed E-state index contributed by atoms with van der Waals surface area (Å²) >= 11 is 0. The van der Waals surface area contributed by atoms with Crippen molar-refractivity contribution in [3.05, 3.63) is 29.8 Å². The lowest BCUT2D eigenvalue weighted by Crippen LogP contribution is -2.52. The van der Waals surface area contributed by atoms with Crippen molar-refractivity contribution in [3.63, 3.8) is 0 Å². The number of methoxy groups -OCH3 is 1. The number of carbonyl (C=O) groups is 3. The molecule has 2 aliphatic heterocycles. The minimum absolute atomic E-state index is 0.0432. The van der Waals surface area contributed by atoms with Gasteiger partial charge in [0.25, 0.3) is 0 Å². The van der Waals surface area contributed by atoms with E-state index in [9.17, 15) is 14.4 Å². The molecule has 0 aromatic heterocycles. The number of esters is 1. The normalized spacial score (nSPS) is 20.3. The summed E-state index contributed by atoms with van der Waals surface area (Å²) in [4.78, 5) is 42.5. The fourth-order valence-electron chi connectivity index (χ4n) is 5.66. The zero-order chi connectivity index (χ0) is 29.4. The summed E-state index contributed by atoms with van der Waals surface area (Å²) in [6.07, 6.45) is 3.75. The van der Waals surface area contributed by atoms with Gasteiger partial charge in [0, 0.05) is 31.2 Å². The second-order valence-corrected chi connectivity index (χ2v) is 12.5. The molecule has 0 bridgehead atoms. The first kappa shape index (κ1) is 31.8. The molecular formula is C30H49N5O5. The highest BCUT2D eigenvalue weighted by Gasteiger charge is 2.36. The zero-order valence-electron chi connectivity index (χ0n) is 24.9. The van der Waals surface area contributed by atoms with Gasteiger partial charge in [-0.1, -0.05) is 52.3 Å². The van der Waals surface area contributed by atoms with Crippen LogP contribution in [0.1, 0.15) is 65.4 Å². The molecule has 0 spiro atoms. The maximum absolute atomic E-state index is 13.7. The van der Waals surface area contributed by atoms with Gasteiger partial charge in [-0.25, -0.2) is 4.79 Å². The van der Waals surface area contributed by atoms with Crippen molar-refractivity contribution in [1.29, 1.82) is 0 Å². The van der Waals surface area contributed by atoms with Crippen LogP contribution < -0.4 is 21.7 Å². The average molecular weight is 560 g/mol. The van der Waals surface area contributed by atoms with Crippen molar-refractivity contribution in [2.75, 3.05) is 38.2 Å². The number of nitrogens with one attached hydrogen (secondary N) is 1. The molecule has 5 N–H and O–H groups in total. The number of hydrogen-bond donors (Lipinski definition) is 3. The standard InChI is InChI=1S/C30H49N5O5/c1-20(2)27(32)28(37)40-25(19-34-13-9-6-10-14-34)23(31)16-30(3,4)17-26(36)35-18-22(33-29(38)39-5)15-21-11-7-8-12-24(21)35/h7-8,11-12,20,22-23,25,27H,6,9-10,13-19,31-32H2,1-5H3,(H,33,38)/t22?,23-,25-,27-/m0/s1. The number of anilines is 1. The van der Waals surface area contributed by atoms with Crippen LogP contribution in [0.2, 0.25) is 0 Å². The van der Waals surface area contributed by atoms with Gasteiger partial charge in [-0.3, -0.25) is 14.5 Å². The maximum atomic E-state index is 13.7. The Kier molecular flexibility index (Phi) is 11.4. The van der Waals surface area contributed by atoms with Crippen LogP contribution in [0.25, 0.3) is 0 Å². The minimum atomic E-state index is -0.712. The SMILES string of the molecule is COC(=O)NC1Cc2ccccc2N(C(=O)CC(C)(C)C[C@H](N)[C@H](CN2CCCCC2)OC(=O)[C@@H](N)C(C)C)C1. The fourth-order valence-corrected chi connectivity index (χ4v) is 5.66. The highest BCUT2D eigenvalue weighted by atomic mass is 16.5. The third-order valence-electron chi connectivity index (χ3n) is 8.00. The molecule has 4 atom stereocenters. The molecule has 2 amide bonds. The van der Waals surface area contributed by atoms with Crippen LogP contribution in [0.15, 0.2) is 24.3 Å². The third-order valence-corrected chi connectivity index (χ3v) is 8.00. The van der Waals surface area contributed by atoms with Gasteiger partial charge in [-0.2, -0.15) is 0 Å². The first-order valence-electron chi connectivity index (χ1n) is 14.6. The molecular weight excluding hydrogens is 510 g/mol. The zero-order valence-corrected chi connectivity index (χ0v) is 24.9. The molecule has 1 fully saturated rings. The molecule has 0 radical (unpaired) electrons. The lowest BCUT2D eigenvalue weighted by molar-refractivity contribution is -0.154. The second kappa shape index (κ2) is 14.3. The van der Waals surface area contributed by atoms with E-state index < -0.39 is 35.7 Å². The predicted octanol–water partition coefficient (Wildman–Crippen LogP) is 2.82. The molecule has 224 valence electrons. The molecule has 3 rings (SSSR count). The molecule has 10 nitrogen and oxygen atoms in total. The predicted molar refractivity (Wildman–Crippen MR) is 156 cm³/mol. The summed E-state index contributed by atoms with van der Waals surface area (Å²) in [5, 5.41) is 2.84. The Morgan fingerprint density at radius 2 is 1.77 bits per heavy atom. The third kappa shape index (κ3) is 8.91. The quantitative estimate of drug-likeness (QED) is 0.352. The van der Waals surface area contributed by atoms with Crippen LogP contribution >= 0.6 is 0 Å². The van der Waals surface area contributed by atoms with Crippen molar-refractivity contribution in [3.8, 4) is 0 Å². The Morgan fingerprint density at radius 3 is 2.42 bits per heavy atom. The molecule has 2 aliphatic rings. The van der Waals surface area contributed by atoms with E-state index >= 15 is 0 Å². The highest BCUT2D eigenvalue weighted by molar-refractivity contribution is 5.95. The summed E-state index contributed by atoms with van der Waals surface area (Å²) in [5.74, 6) is -0.527. The van der Waals surface area contributed by atoms with Crippen LogP contribution in [0, 0.1) is 11.3 Å². The fraction of sp³-hybridized carbons (Fsp3) is 0.700. The van der Waals surface area contributed by atoms with Gasteiger partial charge in [-0.05, 0) is 61.7 Å². The summed E-state index contributed by atoms with van der Waals surface area (Å²) in [7, 11) is 1.33. The van der Waals surface area contributed by atoms with Gasteiger partial charge in [0.1, 0.15) is 12.1 Å². The number of ether oxygens (including phenoxy) is 2. The topological polar surface area (TPSA) is 140 Å². The number of rotatable bonds is 11. The number of para-hydroxylation sites is 1. The van der Waals surface area contributed by atoms with Gasteiger partial charge in [0.15, 0.2) is 0 Å². The lowest BCUT2D eigenvalue weighted by atomic mass is 9.80. The number of piperidine rings is 1. The van der Waals surface area contributed by atoms with Crippen molar-refractivity contribution in [2.45, 2.75) is 90.4 Å². The minimum Gasteiger partial charge on any atom is -0.458 e. The van der Waals surface area contributed by atoms with Gasteiger partial charge in [0.2, 0.25) is 5.91 Å². The van der Waals surface area contributed by atoms with Gasteiger partial charge < -0.3 is 31.2 Å².